The molecule has 106 valence electrons. The van der Waals surface area contributed by atoms with Crippen LogP contribution in [0.4, 0.5) is 10.1 Å². The lowest BCUT2D eigenvalue weighted by Gasteiger charge is -2.09. The summed E-state index contributed by atoms with van der Waals surface area (Å²) in [5.74, 6) is -0.672. The number of hydrogen-bond donors (Lipinski definition) is 0. The first-order valence-corrected chi connectivity index (χ1v) is 6.15. The molecule has 7 heteroatoms. The van der Waals surface area contributed by atoms with Gasteiger partial charge >= 0.3 is 5.69 Å². The molecule has 2 aromatic rings. The van der Waals surface area contributed by atoms with E-state index in [1.165, 1.54) is 30.3 Å². The van der Waals surface area contributed by atoms with Crippen molar-refractivity contribution in [2.75, 3.05) is 0 Å². The van der Waals surface area contributed by atoms with Crippen LogP contribution in [-0.4, -0.2) is 4.92 Å². The molecule has 2 rings (SSSR count). The number of rotatable bonds is 4. The number of nitro groups is 1. The summed E-state index contributed by atoms with van der Waals surface area (Å²) in [7, 11) is 0. The molecule has 0 saturated carbocycles. The molecule has 21 heavy (non-hydrogen) atoms. The van der Waals surface area contributed by atoms with E-state index in [2.05, 4.69) is 0 Å². The van der Waals surface area contributed by atoms with Crippen molar-refractivity contribution in [3.63, 3.8) is 0 Å². The molecule has 2 aromatic carbocycles. The van der Waals surface area contributed by atoms with Gasteiger partial charge < -0.3 is 4.74 Å². The minimum absolute atomic E-state index is 0.0460. The van der Waals surface area contributed by atoms with Crippen LogP contribution in [0.15, 0.2) is 36.4 Å². The Kier molecular flexibility index (Phi) is 4.36. The Bertz CT molecular complexity index is 743. The summed E-state index contributed by atoms with van der Waals surface area (Å²) >= 11 is 5.92. The largest absolute Gasteiger partial charge is 0.487 e. The van der Waals surface area contributed by atoms with Crippen molar-refractivity contribution in [1.29, 1.82) is 5.26 Å². The van der Waals surface area contributed by atoms with E-state index >= 15 is 0 Å². The molecule has 0 radical (unpaired) electrons. The number of hydrogen-bond acceptors (Lipinski definition) is 4. The topological polar surface area (TPSA) is 76.2 Å². The summed E-state index contributed by atoms with van der Waals surface area (Å²) in [6, 6.07) is 10.2. The fourth-order valence-corrected chi connectivity index (χ4v) is 1.90. The Morgan fingerprint density at radius 1 is 1.38 bits per heavy atom. The van der Waals surface area contributed by atoms with E-state index in [-0.39, 0.29) is 22.9 Å². The zero-order chi connectivity index (χ0) is 15.4. The van der Waals surface area contributed by atoms with Crippen LogP contribution >= 0.6 is 11.6 Å². The first kappa shape index (κ1) is 14.8. The van der Waals surface area contributed by atoms with Crippen molar-refractivity contribution in [1.82, 2.24) is 0 Å². The first-order valence-electron chi connectivity index (χ1n) is 5.77. The molecule has 0 N–H and O–H groups in total. The second-order valence-corrected chi connectivity index (χ2v) is 4.46. The molecular weight excluding hydrogens is 299 g/mol. The highest BCUT2D eigenvalue weighted by atomic mass is 35.5. The highest BCUT2D eigenvalue weighted by molar-refractivity contribution is 6.32. The van der Waals surface area contributed by atoms with Gasteiger partial charge in [-0.25, -0.2) is 0 Å². The predicted octanol–water partition coefficient (Wildman–Crippen LogP) is 3.84. The Morgan fingerprint density at radius 3 is 2.76 bits per heavy atom. The first-order chi connectivity index (χ1) is 10.0. The SMILES string of the molecule is N#Cc1ccc(OCc2cccc([N+](=O)[O-])c2F)c(Cl)c1. The van der Waals surface area contributed by atoms with Crippen molar-refractivity contribution < 1.29 is 14.1 Å². The van der Waals surface area contributed by atoms with Gasteiger partial charge in [0.2, 0.25) is 5.82 Å². The molecule has 0 atom stereocenters. The van der Waals surface area contributed by atoms with E-state index in [1.807, 2.05) is 6.07 Å². The van der Waals surface area contributed by atoms with Gasteiger partial charge in [0.05, 0.1) is 21.6 Å². The van der Waals surface area contributed by atoms with Crippen molar-refractivity contribution in [3.05, 3.63) is 68.5 Å². The van der Waals surface area contributed by atoms with Gasteiger partial charge in [-0.15, -0.1) is 0 Å². The van der Waals surface area contributed by atoms with Crippen LogP contribution in [-0.2, 0) is 6.61 Å². The molecule has 0 aromatic heterocycles. The van der Waals surface area contributed by atoms with Gasteiger partial charge in [-0.3, -0.25) is 10.1 Å². The molecule has 0 saturated heterocycles. The van der Waals surface area contributed by atoms with E-state index in [0.29, 0.717) is 5.56 Å². The molecule has 0 aliphatic rings. The number of nitro benzene ring substituents is 1. The van der Waals surface area contributed by atoms with Crippen molar-refractivity contribution >= 4 is 17.3 Å². The van der Waals surface area contributed by atoms with Gasteiger partial charge in [-0.2, -0.15) is 9.65 Å². The van der Waals surface area contributed by atoms with Crippen molar-refractivity contribution in [3.8, 4) is 11.8 Å². The second kappa shape index (κ2) is 6.20. The average molecular weight is 307 g/mol. The van der Waals surface area contributed by atoms with Crippen LogP contribution in [0.25, 0.3) is 0 Å². The molecule has 0 spiro atoms. The normalized spacial score (nSPS) is 9.95. The molecule has 0 unspecified atom stereocenters. The second-order valence-electron chi connectivity index (χ2n) is 4.05. The molecule has 0 aliphatic heterocycles. The smallest absolute Gasteiger partial charge is 0.305 e. The molecule has 0 fully saturated rings. The number of benzene rings is 2. The summed E-state index contributed by atoms with van der Waals surface area (Å²) in [6.07, 6.45) is 0. The lowest BCUT2D eigenvalue weighted by atomic mass is 10.2. The maximum atomic E-state index is 13.8. The Hall–Kier alpha value is -2.65. The van der Waals surface area contributed by atoms with Gasteiger partial charge in [0, 0.05) is 11.6 Å². The zero-order valence-corrected chi connectivity index (χ0v) is 11.3. The van der Waals surface area contributed by atoms with Gasteiger partial charge in [-0.1, -0.05) is 23.7 Å². The minimum atomic E-state index is -0.938. The molecular formula is C14H8ClFN2O3. The van der Waals surface area contributed by atoms with Crippen LogP contribution in [0, 0.1) is 27.3 Å². The summed E-state index contributed by atoms with van der Waals surface area (Å²) in [5.41, 5.74) is -0.194. The fraction of sp³-hybridized carbons (Fsp3) is 0.0714. The number of nitriles is 1. The molecule has 0 heterocycles. The maximum absolute atomic E-state index is 13.8. The van der Waals surface area contributed by atoms with Crippen molar-refractivity contribution in [2.24, 2.45) is 0 Å². The van der Waals surface area contributed by atoms with Crippen LogP contribution < -0.4 is 4.74 Å². The molecule has 0 amide bonds. The van der Waals surface area contributed by atoms with Gasteiger partial charge in [0.1, 0.15) is 12.4 Å². The predicted molar refractivity (Wildman–Crippen MR) is 73.6 cm³/mol. The summed E-state index contributed by atoms with van der Waals surface area (Å²) < 4.78 is 19.2. The van der Waals surface area contributed by atoms with E-state index in [1.54, 1.807) is 0 Å². The number of ether oxygens (including phenoxy) is 1. The Labute approximate surface area is 124 Å². The van der Waals surface area contributed by atoms with E-state index in [0.717, 1.165) is 6.07 Å². The number of halogens is 2. The van der Waals surface area contributed by atoms with E-state index in [9.17, 15) is 14.5 Å². The highest BCUT2D eigenvalue weighted by Gasteiger charge is 2.17. The van der Waals surface area contributed by atoms with Crippen LogP contribution in [0.3, 0.4) is 0 Å². The third-order valence-corrected chi connectivity index (χ3v) is 2.99. The molecule has 5 nitrogen and oxygen atoms in total. The van der Waals surface area contributed by atoms with Crippen molar-refractivity contribution in [2.45, 2.75) is 6.61 Å². The van der Waals surface area contributed by atoms with Crippen LogP contribution in [0.5, 0.6) is 5.75 Å². The minimum Gasteiger partial charge on any atom is -0.487 e. The quantitative estimate of drug-likeness (QED) is 0.635. The standard InChI is InChI=1S/C14H8ClFN2O3/c15-11-6-9(7-17)4-5-13(11)21-8-10-2-1-3-12(14(10)16)18(19)20/h1-6H,8H2. The van der Waals surface area contributed by atoms with Gasteiger partial charge in [0.15, 0.2) is 0 Å². The third kappa shape index (κ3) is 3.27. The van der Waals surface area contributed by atoms with E-state index in [4.69, 9.17) is 21.6 Å². The lowest BCUT2D eigenvalue weighted by Crippen LogP contribution is -2.02. The Balaban J connectivity index is 2.19. The Morgan fingerprint density at radius 2 is 2.14 bits per heavy atom. The summed E-state index contributed by atoms with van der Waals surface area (Å²) in [6.45, 7) is -0.209. The third-order valence-electron chi connectivity index (χ3n) is 2.70. The van der Waals surface area contributed by atoms with Crippen LogP contribution in [0.1, 0.15) is 11.1 Å². The molecule has 0 aliphatic carbocycles. The number of nitrogens with zero attached hydrogens (tertiary/aromatic N) is 2. The lowest BCUT2D eigenvalue weighted by molar-refractivity contribution is -0.387. The van der Waals surface area contributed by atoms with Gasteiger partial charge in [0.25, 0.3) is 0 Å². The summed E-state index contributed by atoms with van der Waals surface area (Å²) in [5, 5.41) is 19.6. The van der Waals surface area contributed by atoms with Crippen LogP contribution in [0.2, 0.25) is 5.02 Å². The zero-order valence-electron chi connectivity index (χ0n) is 10.5. The molecule has 0 bridgehead atoms. The average Bonchev–Trinajstić information content (AvgIpc) is 2.46. The highest BCUT2D eigenvalue weighted by Crippen LogP contribution is 2.27. The van der Waals surface area contributed by atoms with Gasteiger partial charge in [-0.05, 0) is 18.2 Å². The summed E-state index contributed by atoms with van der Waals surface area (Å²) in [4.78, 5) is 9.85. The van der Waals surface area contributed by atoms with E-state index < -0.39 is 16.4 Å². The fourth-order valence-electron chi connectivity index (χ4n) is 1.66. The monoisotopic (exact) mass is 306 g/mol. The maximum Gasteiger partial charge on any atom is 0.305 e.